The zero-order chi connectivity index (χ0) is 29.8. The van der Waals surface area contributed by atoms with Crippen molar-refractivity contribution >= 4 is 37.2 Å². The Hall–Kier alpha value is -2.77. The first-order valence-electron chi connectivity index (χ1n) is 15.1. The van der Waals surface area contributed by atoms with Gasteiger partial charge in [-0.2, -0.15) is 0 Å². The molecule has 0 unspecified atom stereocenters. The lowest BCUT2D eigenvalue weighted by Gasteiger charge is -2.48. The Bertz CT molecular complexity index is 1170. The molecular formula is C37H50N2Si2. The van der Waals surface area contributed by atoms with E-state index < -0.39 is 16.5 Å². The SMILES string of the molecule is CC(C)(CN[Si](c1ccccc1)(c1ccccc1)C(C)(C)C)CN[Si](c1ccccc1)(c1ccccc1)C(C)(C)C. The highest BCUT2D eigenvalue weighted by Gasteiger charge is 2.50. The quantitative estimate of drug-likeness (QED) is 0.216. The summed E-state index contributed by atoms with van der Waals surface area (Å²) in [5, 5.41) is 5.89. The fourth-order valence-electron chi connectivity index (χ4n) is 6.56. The molecule has 0 fully saturated rings. The van der Waals surface area contributed by atoms with Gasteiger partial charge in [0, 0.05) is 0 Å². The normalized spacial score (nSPS) is 13.3. The predicted octanol–water partition coefficient (Wildman–Crippen LogP) is 6.31. The lowest BCUT2D eigenvalue weighted by molar-refractivity contribution is 0.359. The Labute approximate surface area is 251 Å². The molecule has 0 atom stereocenters. The number of rotatable bonds is 10. The van der Waals surface area contributed by atoms with Crippen LogP contribution < -0.4 is 30.7 Å². The van der Waals surface area contributed by atoms with Gasteiger partial charge in [-0.25, -0.2) is 0 Å². The van der Waals surface area contributed by atoms with Crippen molar-refractivity contribution in [2.24, 2.45) is 5.41 Å². The van der Waals surface area contributed by atoms with Crippen LogP contribution in [0.1, 0.15) is 55.4 Å². The lowest BCUT2D eigenvalue weighted by Crippen LogP contribution is -2.76. The van der Waals surface area contributed by atoms with Gasteiger partial charge in [-0.15, -0.1) is 0 Å². The van der Waals surface area contributed by atoms with Gasteiger partial charge in [-0.05, 0) is 49.3 Å². The molecule has 0 bridgehead atoms. The molecule has 0 aliphatic rings. The molecule has 0 aromatic heterocycles. The van der Waals surface area contributed by atoms with Crippen molar-refractivity contribution in [1.82, 2.24) is 9.96 Å². The lowest BCUT2D eigenvalue weighted by atomic mass is 9.94. The average Bonchev–Trinajstić information content (AvgIpc) is 2.94. The van der Waals surface area contributed by atoms with Crippen molar-refractivity contribution in [3.05, 3.63) is 121 Å². The second-order valence-electron chi connectivity index (χ2n) is 14.3. The highest BCUT2D eigenvalue weighted by atomic mass is 28.3. The molecular weight excluding hydrogens is 529 g/mol. The summed E-state index contributed by atoms with van der Waals surface area (Å²) in [6.07, 6.45) is 0. The monoisotopic (exact) mass is 578 g/mol. The van der Waals surface area contributed by atoms with Crippen molar-refractivity contribution in [2.45, 2.75) is 65.5 Å². The smallest absolute Gasteiger partial charge is 0.195 e. The van der Waals surface area contributed by atoms with E-state index in [4.69, 9.17) is 0 Å². The maximum Gasteiger partial charge on any atom is 0.195 e. The minimum absolute atomic E-state index is 0.0140. The highest BCUT2D eigenvalue weighted by molar-refractivity contribution is 7.03. The zero-order valence-electron chi connectivity index (χ0n) is 26.5. The van der Waals surface area contributed by atoms with Crippen LogP contribution in [0.5, 0.6) is 0 Å². The highest BCUT2D eigenvalue weighted by Crippen LogP contribution is 2.36. The molecule has 216 valence electrons. The summed E-state index contributed by atoms with van der Waals surface area (Å²) in [4.78, 5) is 8.63. The number of hydrogen-bond acceptors (Lipinski definition) is 2. The molecule has 0 radical (unpaired) electrons. The zero-order valence-corrected chi connectivity index (χ0v) is 28.5. The first-order valence-corrected chi connectivity index (χ1v) is 19.1. The topological polar surface area (TPSA) is 24.1 Å². The molecule has 0 amide bonds. The fraction of sp³-hybridized carbons (Fsp3) is 0.351. The van der Waals surface area contributed by atoms with E-state index in [9.17, 15) is 0 Å². The molecule has 0 aliphatic carbocycles. The van der Waals surface area contributed by atoms with E-state index in [1.54, 1.807) is 0 Å². The van der Waals surface area contributed by atoms with E-state index >= 15 is 0 Å². The second kappa shape index (κ2) is 12.2. The number of hydrogen-bond donors (Lipinski definition) is 2. The van der Waals surface area contributed by atoms with Gasteiger partial charge in [0.15, 0.2) is 16.5 Å². The van der Waals surface area contributed by atoms with Crippen LogP contribution in [0.25, 0.3) is 0 Å². The maximum absolute atomic E-state index is 4.31. The molecule has 4 aromatic carbocycles. The Balaban J connectivity index is 1.72. The third kappa shape index (κ3) is 6.36. The van der Waals surface area contributed by atoms with Crippen LogP contribution >= 0.6 is 0 Å². The van der Waals surface area contributed by atoms with Crippen LogP contribution in [0.3, 0.4) is 0 Å². The minimum atomic E-state index is -2.36. The summed E-state index contributed by atoms with van der Waals surface area (Å²) < 4.78 is 0. The van der Waals surface area contributed by atoms with Crippen molar-refractivity contribution in [1.29, 1.82) is 0 Å². The van der Waals surface area contributed by atoms with Crippen LogP contribution in [0.4, 0.5) is 0 Å². The summed E-state index contributed by atoms with van der Waals surface area (Å²) in [5.74, 6) is 0. The van der Waals surface area contributed by atoms with E-state index in [1.165, 1.54) is 20.7 Å². The summed E-state index contributed by atoms with van der Waals surface area (Å²) >= 11 is 0. The van der Waals surface area contributed by atoms with Gasteiger partial charge in [-0.1, -0.05) is 177 Å². The molecule has 2 nitrogen and oxygen atoms in total. The summed E-state index contributed by atoms with van der Waals surface area (Å²) in [5.41, 5.74) is 0.0140. The van der Waals surface area contributed by atoms with Crippen molar-refractivity contribution in [3.8, 4) is 0 Å². The van der Waals surface area contributed by atoms with E-state index in [0.717, 1.165) is 13.1 Å². The Morgan fingerprint density at radius 1 is 0.390 bits per heavy atom. The van der Waals surface area contributed by atoms with Crippen LogP contribution in [0, 0.1) is 5.41 Å². The Morgan fingerprint density at radius 2 is 0.610 bits per heavy atom. The second-order valence-corrected chi connectivity index (χ2v) is 23.4. The third-order valence-corrected chi connectivity index (χ3v) is 19.5. The Kier molecular flexibility index (Phi) is 9.30. The molecule has 4 heteroatoms. The largest absolute Gasteiger partial charge is 0.329 e. The first-order chi connectivity index (χ1) is 19.3. The molecule has 0 heterocycles. The molecule has 0 saturated carbocycles. The van der Waals surface area contributed by atoms with Gasteiger partial charge in [0.1, 0.15) is 0 Å². The summed E-state index contributed by atoms with van der Waals surface area (Å²) in [6.45, 7) is 21.2. The first kappa shape index (κ1) is 31.2. The van der Waals surface area contributed by atoms with E-state index in [0.29, 0.717) is 0 Å². The van der Waals surface area contributed by atoms with E-state index in [1.807, 2.05) is 0 Å². The number of benzene rings is 4. The summed E-state index contributed by atoms with van der Waals surface area (Å²) in [7, 11) is -4.73. The van der Waals surface area contributed by atoms with E-state index in [2.05, 4.69) is 187 Å². The standard InChI is InChI=1S/C37H50N2Si2/c1-35(2,3)40(31-21-13-9-14-22-31,32-23-15-10-16-24-32)38-29-37(7,8)30-39-41(36(4,5)6,33-25-17-11-18-26-33)34-27-19-12-20-28-34/h9-28,38-39H,29-30H2,1-8H3. The van der Waals surface area contributed by atoms with Crippen molar-refractivity contribution in [3.63, 3.8) is 0 Å². The van der Waals surface area contributed by atoms with Gasteiger partial charge in [0.2, 0.25) is 0 Å². The van der Waals surface area contributed by atoms with Crippen LogP contribution in [-0.2, 0) is 0 Å². The van der Waals surface area contributed by atoms with Gasteiger partial charge in [0.25, 0.3) is 0 Å². The van der Waals surface area contributed by atoms with Crippen LogP contribution in [0.2, 0.25) is 10.1 Å². The molecule has 4 rings (SSSR count). The van der Waals surface area contributed by atoms with Gasteiger partial charge in [-0.3, -0.25) is 0 Å². The van der Waals surface area contributed by atoms with Crippen molar-refractivity contribution in [2.75, 3.05) is 13.1 Å². The van der Waals surface area contributed by atoms with Crippen LogP contribution in [-0.4, -0.2) is 29.6 Å². The average molecular weight is 579 g/mol. The van der Waals surface area contributed by atoms with Gasteiger partial charge >= 0.3 is 0 Å². The van der Waals surface area contributed by atoms with Crippen LogP contribution in [0.15, 0.2) is 121 Å². The molecule has 0 spiro atoms. The molecule has 0 saturated heterocycles. The van der Waals surface area contributed by atoms with E-state index in [-0.39, 0.29) is 15.5 Å². The minimum Gasteiger partial charge on any atom is -0.329 e. The van der Waals surface area contributed by atoms with Crippen molar-refractivity contribution < 1.29 is 0 Å². The van der Waals surface area contributed by atoms with Gasteiger partial charge in [0.05, 0.1) is 0 Å². The summed E-state index contributed by atoms with van der Waals surface area (Å²) in [6, 6.07) is 44.8. The fourth-order valence-corrected chi connectivity index (χ4v) is 16.8. The molecule has 2 N–H and O–H groups in total. The predicted molar refractivity (Wildman–Crippen MR) is 185 cm³/mol. The molecule has 0 aliphatic heterocycles. The molecule has 41 heavy (non-hydrogen) atoms. The molecule has 4 aromatic rings. The third-order valence-electron chi connectivity index (χ3n) is 8.74. The maximum atomic E-state index is 4.31. The van der Waals surface area contributed by atoms with Gasteiger partial charge < -0.3 is 9.96 Å². The Morgan fingerprint density at radius 3 is 0.805 bits per heavy atom. The number of nitrogens with one attached hydrogen (secondary N) is 2.